The highest BCUT2D eigenvalue weighted by atomic mass is 32.2. The molecule has 1 unspecified atom stereocenters. The maximum Gasteiger partial charge on any atom is 0.243 e. The second-order valence-electron chi connectivity index (χ2n) is 7.29. The predicted octanol–water partition coefficient (Wildman–Crippen LogP) is 0.725. The highest BCUT2D eigenvalue weighted by Crippen LogP contribution is 2.21. The number of sulfonamides is 1. The van der Waals surface area contributed by atoms with Crippen molar-refractivity contribution in [2.24, 2.45) is 5.73 Å². The van der Waals surface area contributed by atoms with Gasteiger partial charge in [-0.25, -0.2) is 8.42 Å². The van der Waals surface area contributed by atoms with Crippen molar-refractivity contribution in [3.05, 3.63) is 54.1 Å². The highest BCUT2D eigenvalue weighted by Gasteiger charge is 2.29. The predicted molar refractivity (Wildman–Crippen MR) is 117 cm³/mol. The molecule has 1 fully saturated rings. The van der Waals surface area contributed by atoms with E-state index < -0.39 is 16.1 Å². The Balaban J connectivity index is 1.48. The van der Waals surface area contributed by atoms with Gasteiger partial charge in [-0.1, -0.05) is 12.1 Å². The number of nitrogens with zero attached hydrogens (tertiary/aromatic N) is 2. The van der Waals surface area contributed by atoms with E-state index in [2.05, 4.69) is 0 Å². The molecule has 9 nitrogen and oxygen atoms in total. The van der Waals surface area contributed by atoms with Gasteiger partial charge in [0.15, 0.2) is 0 Å². The molecular weight excluding hydrogens is 420 g/mol. The summed E-state index contributed by atoms with van der Waals surface area (Å²) in [7, 11) is -2.03. The van der Waals surface area contributed by atoms with Crippen LogP contribution in [-0.4, -0.2) is 81.1 Å². The van der Waals surface area contributed by atoms with E-state index in [1.54, 1.807) is 48.5 Å². The van der Waals surface area contributed by atoms with E-state index in [1.807, 2.05) is 4.90 Å². The summed E-state index contributed by atoms with van der Waals surface area (Å²) >= 11 is 0. The molecule has 1 aliphatic heterocycles. The van der Waals surface area contributed by atoms with Crippen LogP contribution in [0.3, 0.4) is 0 Å². The van der Waals surface area contributed by atoms with Crippen LogP contribution in [0, 0.1) is 5.41 Å². The summed E-state index contributed by atoms with van der Waals surface area (Å²) in [6, 6.07) is 13.2. The zero-order valence-electron chi connectivity index (χ0n) is 17.4. The third kappa shape index (κ3) is 5.95. The fourth-order valence-corrected chi connectivity index (χ4v) is 4.77. The van der Waals surface area contributed by atoms with Gasteiger partial charge >= 0.3 is 0 Å². The highest BCUT2D eigenvalue weighted by molar-refractivity contribution is 7.89. The van der Waals surface area contributed by atoms with E-state index in [4.69, 9.17) is 20.6 Å². The minimum Gasteiger partial charge on any atom is -0.497 e. The van der Waals surface area contributed by atoms with Crippen LogP contribution in [0.5, 0.6) is 11.5 Å². The van der Waals surface area contributed by atoms with Crippen molar-refractivity contribution in [2.45, 2.75) is 11.0 Å². The van der Waals surface area contributed by atoms with Crippen molar-refractivity contribution in [1.29, 1.82) is 5.41 Å². The van der Waals surface area contributed by atoms with Gasteiger partial charge in [0.05, 0.1) is 12.0 Å². The molecule has 1 aliphatic rings. The van der Waals surface area contributed by atoms with Crippen molar-refractivity contribution in [3.63, 3.8) is 0 Å². The van der Waals surface area contributed by atoms with Gasteiger partial charge in [-0.2, -0.15) is 4.31 Å². The van der Waals surface area contributed by atoms with E-state index in [0.717, 1.165) is 0 Å². The van der Waals surface area contributed by atoms with Crippen LogP contribution in [0.2, 0.25) is 0 Å². The van der Waals surface area contributed by atoms with Crippen LogP contribution in [0.25, 0.3) is 0 Å². The maximum atomic E-state index is 12.8. The summed E-state index contributed by atoms with van der Waals surface area (Å²) in [6.07, 6.45) is -0.731. The van der Waals surface area contributed by atoms with Crippen molar-refractivity contribution in [1.82, 2.24) is 9.21 Å². The number of aliphatic hydroxyl groups is 1. The number of ether oxygens (including phenoxy) is 2. The number of benzene rings is 2. The number of methoxy groups -OCH3 is 1. The molecule has 0 spiro atoms. The Morgan fingerprint density at radius 1 is 1.13 bits per heavy atom. The Hall–Kier alpha value is -2.66. The SMILES string of the molecule is COc1ccc(S(=O)(=O)N2CCN(CC(O)COc3cccc(C(=N)N)c3)CC2)cc1. The molecule has 31 heavy (non-hydrogen) atoms. The van der Waals surface area contributed by atoms with Crippen LogP contribution in [0.1, 0.15) is 5.56 Å². The van der Waals surface area contributed by atoms with Crippen LogP contribution >= 0.6 is 0 Å². The van der Waals surface area contributed by atoms with E-state index in [-0.39, 0.29) is 17.3 Å². The Labute approximate surface area is 182 Å². The smallest absolute Gasteiger partial charge is 0.243 e. The molecule has 3 rings (SSSR count). The van der Waals surface area contributed by atoms with Gasteiger partial charge in [-0.15, -0.1) is 0 Å². The van der Waals surface area contributed by atoms with Gasteiger partial charge in [0, 0.05) is 38.3 Å². The number of hydrogen-bond donors (Lipinski definition) is 3. The van der Waals surface area contributed by atoms with Gasteiger partial charge in [0.25, 0.3) is 0 Å². The molecular formula is C21H28N4O5S. The molecule has 10 heteroatoms. The molecule has 0 aromatic heterocycles. The molecule has 0 bridgehead atoms. The topological polar surface area (TPSA) is 129 Å². The quantitative estimate of drug-likeness (QED) is 0.381. The number of β-amino-alcohol motifs (C(OH)–C–C–N with tert-alkyl or cyclic N) is 1. The number of nitrogens with one attached hydrogen (secondary N) is 1. The largest absolute Gasteiger partial charge is 0.497 e. The number of aliphatic hydroxyl groups excluding tert-OH is 1. The normalized spacial score (nSPS) is 16.6. The molecule has 2 aromatic carbocycles. The minimum atomic E-state index is -3.56. The lowest BCUT2D eigenvalue weighted by atomic mass is 10.2. The standard InChI is InChI=1S/C21H28N4O5S/c1-29-18-5-7-20(8-6-18)31(27,28)25-11-9-24(10-12-25)14-17(26)15-30-19-4-2-3-16(13-19)21(22)23/h2-8,13,17,26H,9-12,14-15H2,1H3,(H3,22,23). The lowest BCUT2D eigenvalue weighted by Crippen LogP contribution is -2.50. The number of hydrogen-bond acceptors (Lipinski definition) is 7. The van der Waals surface area contributed by atoms with Crippen molar-refractivity contribution >= 4 is 15.9 Å². The number of nitrogens with two attached hydrogens (primary N) is 1. The molecule has 168 valence electrons. The van der Waals surface area contributed by atoms with Gasteiger partial charge < -0.3 is 20.3 Å². The Kier molecular flexibility index (Phi) is 7.50. The first-order chi connectivity index (χ1) is 14.8. The fourth-order valence-electron chi connectivity index (χ4n) is 3.35. The van der Waals surface area contributed by atoms with E-state index in [9.17, 15) is 13.5 Å². The van der Waals surface area contributed by atoms with E-state index in [1.165, 1.54) is 11.4 Å². The van der Waals surface area contributed by atoms with Crippen LogP contribution in [0.15, 0.2) is 53.4 Å². The zero-order chi connectivity index (χ0) is 22.4. The first-order valence-corrected chi connectivity index (χ1v) is 11.4. The third-order valence-corrected chi connectivity index (χ3v) is 7.00. The summed E-state index contributed by atoms with van der Waals surface area (Å²) in [5.74, 6) is 1.09. The van der Waals surface area contributed by atoms with Crippen molar-refractivity contribution in [2.75, 3.05) is 46.4 Å². The first kappa shape index (κ1) is 23.0. The Morgan fingerprint density at radius 2 is 1.81 bits per heavy atom. The third-order valence-electron chi connectivity index (χ3n) is 5.08. The van der Waals surface area contributed by atoms with Crippen molar-refractivity contribution < 1.29 is 23.0 Å². The van der Waals surface area contributed by atoms with Crippen LogP contribution < -0.4 is 15.2 Å². The van der Waals surface area contributed by atoms with Gasteiger partial charge in [0.2, 0.25) is 10.0 Å². The van der Waals surface area contributed by atoms with Gasteiger partial charge in [-0.05, 0) is 36.4 Å². The average Bonchev–Trinajstić information content (AvgIpc) is 2.78. The van der Waals surface area contributed by atoms with Crippen LogP contribution in [0.4, 0.5) is 0 Å². The molecule has 4 N–H and O–H groups in total. The molecule has 0 amide bonds. The summed E-state index contributed by atoms with van der Waals surface area (Å²) in [5, 5.41) is 17.8. The number of rotatable bonds is 9. The zero-order valence-corrected chi connectivity index (χ0v) is 18.2. The molecule has 0 radical (unpaired) electrons. The first-order valence-electron chi connectivity index (χ1n) is 9.91. The lowest BCUT2D eigenvalue weighted by molar-refractivity contribution is 0.0569. The summed E-state index contributed by atoms with van der Waals surface area (Å²) in [6.45, 7) is 2.21. The van der Waals surface area contributed by atoms with Crippen molar-refractivity contribution in [3.8, 4) is 11.5 Å². The molecule has 1 atom stereocenters. The molecule has 1 heterocycles. The summed E-state index contributed by atoms with van der Waals surface area (Å²) < 4.78 is 37.8. The maximum absolute atomic E-state index is 12.8. The fraction of sp³-hybridized carbons (Fsp3) is 0.381. The van der Waals surface area contributed by atoms with E-state index >= 15 is 0 Å². The number of piperazine rings is 1. The molecule has 0 aliphatic carbocycles. The second kappa shape index (κ2) is 10.1. The Morgan fingerprint density at radius 3 is 2.42 bits per heavy atom. The molecule has 2 aromatic rings. The lowest BCUT2D eigenvalue weighted by Gasteiger charge is -2.34. The van der Waals surface area contributed by atoms with E-state index in [0.29, 0.717) is 49.8 Å². The van der Waals surface area contributed by atoms with Crippen LogP contribution in [-0.2, 0) is 10.0 Å². The second-order valence-corrected chi connectivity index (χ2v) is 9.22. The number of amidine groups is 1. The molecule has 0 saturated carbocycles. The monoisotopic (exact) mass is 448 g/mol. The minimum absolute atomic E-state index is 0.0477. The number of nitrogen functional groups attached to an aromatic ring is 1. The summed E-state index contributed by atoms with van der Waals surface area (Å²) in [4.78, 5) is 2.25. The summed E-state index contributed by atoms with van der Waals surface area (Å²) in [5.41, 5.74) is 6.03. The molecule has 1 saturated heterocycles. The average molecular weight is 449 g/mol. The Bertz CT molecular complexity index is 989. The van der Waals surface area contributed by atoms with Gasteiger partial charge in [-0.3, -0.25) is 10.3 Å². The van der Waals surface area contributed by atoms with Gasteiger partial charge in [0.1, 0.15) is 30.0 Å².